The van der Waals surface area contributed by atoms with Crippen molar-refractivity contribution >= 4 is 17.8 Å². The maximum absolute atomic E-state index is 13.4. The normalized spacial score (nSPS) is 28.9. The maximum atomic E-state index is 13.4. The van der Waals surface area contributed by atoms with Crippen LogP contribution in [-0.4, -0.2) is 215 Å². The molecule has 18 atom stereocenters. The number of nitrogens with one attached hydrogen (secondary N) is 2. The molecule has 23 heteroatoms. The number of carboxylic acid groups (broad SMARTS) is 1. The third kappa shape index (κ3) is 29.4. The van der Waals surface area contributed by atoms with Crippen LogP contribution in [0.15, 0.2) is 0 Å². The summed E-state index contributed by atoms with van der Waals surface area (Å²) in [7, 11) is 0. The van der Waals surface area contributed by atoms with E-state index in [0.717, 1.165) is 58.3 Å². The van der Waals surface area contributed by atoms with Crippen LogP contribution in [0.2, 0.25) is 0 Å². The number of amides is 2. The highest BCUT2D eigenvalue weighted by Crippen LogP contribution is 2.39. The maximum Gasteiger partial charge on any atom is 0.364 e. The highest BCUT2D eigenvalue weighted by molar-refractivity contribution is 5.77. The van der Waals surface area contributed by atoms with Gasteiger partial charge in [-0.15, -0.1) is 0 Å². The van der Waals surface area contributed by atoms with E-state index in [1.165, 1.54) is 154 Å². The summed E-state index contributed by atoms with van der Waals surface area (Å²) in [6, 6.07) is -2.52. The summed E-state index contributed by atoms with van der Waals surface area (Å²) in [5, 5.41) is 136. The van der Waals surface area contributed by atoms with Crippen LogP contribution >= 0.6 is 0 Å². The quantitative estimate of drug-likeness (QED) is 0.0323. The Hall–Kier alpha value is -2.27. The van der Waals surface area contributed by atoms with Crippen LogP contribution in [-0.2, 0) is 42.8 Å². The molecule has 0 bridgehead atoms. The van der Waals surface area contributed by atoms with E-state index in [9.17, 15) is 75.7 Å². The second kappa shape index (κ2) is 46.7. The molecule has 0 saturated carbocycles. The smallest absolute Gasteiger partial charge is 0.364 e. The zero-order valence-corrected chi connectivity index (χ0v) is 53.8. The summed E-state index contributed by atoms with van der Waals surface area (Å²) in [4.78, 5) is 38.4. The lowest BCUT2D eigenvalue weighted by atomic mass is 9.88. The van der Waals surface area contributed by atoms with Crippen LogP contribution in [0.4, 0.5) is 0 Å². The third-order valence-electron chi connectivity index (χ3n) is 17.8. The minimum absolute atomic E-state index is 0.227. The Labute approximate surface area is 525 Å². The van der Waals surface area contributed by atoms with Crippen molar-refractivity contribution in [1.29, 1.82) is 0 Å². The van der Waals surface area contributed by atoms with Crippen LogP contribution in [0, 0.1) is 0 Å². The number of aliphatic hydroxyl groups excluding tert-OH is 11. The van der Waals surface area contributed by atoms with E-state index >= 15 is 0 Å². The van der Waals surface area contributed by atoms with Gasteiger partial charge in [0.1, 0.15) is 67.1 Å². The van der Waals surface area contributed by atoms with Gasteiger partial charge < -0.3 is 100 Å². The summed E-state index contributed by atoms with van der Waals surface area (Å²) in [6.07, 6.45) is 12.9. The summed E-state index contributed by atoms with van der Waals surface area (Å²) >= 11 is 0. The molecule has 23 nitrogen and oxygen atoms in total. The Morgan fingerprint density at radius 1 is 0.545 bits per heavy atom. The molecule has 18 unspecified atom stereocenters. The molecule has 88 heavy (non-hydrogen) atoms. The number of carbonyl (C=O) groups excluding carboxylic acids is 2. The molecule has 3 saturated heterocycles. The Balaban J connectivity index is 1.54. The first-order valence-corrected chi connectivity index (χ1v) is 34.4. The van der Waals surface area contributed by atoms with Crippen molar-refractivity contribution in [3.63, 3.8) is 0 Å². The van der Waals surface area contributed by atoms with Crippen LogP contribution in [0.25, 0.3) is 0 Å². The van der Waals surface area contributed by atoms with Crippen molar-refractivity contribution in [3.8, 4) is 0 Å². The number of carboxylic acids is 1. The molecule has 3 aliphatic heterocycles. The number of rotatable bonds is 52. The number of hydrogen-bond acceptors (Lipinski definition) is 20. The molecule has 0 aliphatic carbocycles. The summed E-state index contributed by atoms with van der Waals surface area (Å²) in [6.45, 7) is 2.18. The second-order valence-corrected chi connectivity index (χ2v) is 25.4. The van der Waals surface area contributed by atoms with Crippen LogP contribution in [0.1, 0.15) is 258 Å². The van der Waals surface area contributed by atoms with E-state index in [4.69, 9.17) is 28.4 Å². The molecule has 0 radical (unpaired) electrons. The highest BCUT2D eigenvalue weighted by atomic mass is 16.8. The summed E-state index contributed by atoms with van der Waals surface area (Å²) < 4.78 is 34.8. The van der Waals surface area contributed by atoms with E-state index in [-0.39, 0.29) is 18.9 Å². The lowest BCUT2D eigenvalue weighted by Gasteiger charge is -2.50. The van der Waals surface area contributed by atoms with Gasteiger partial charge in [0.15, 0.2) is 12.6 Å². The average molecular weight is 1270 g/mol. The predicted octanol–water partition coefficient (Wildman–Crippen LogP) is 5.73. The Morgan fingerprint density at radius 2 is 0.989 bits per heavy atom. The van der Waals surface area contributed by atoms with Gasteiger partial charge in [0, 0.05) is 19.8 Å². The fraction of sp³-hybridized carbons (Fsp3) is 0.954. The molecule has 2 amide bonds. The van der Waals surface area contributed by atoms with E-state index < -0.39 is 148 Å². The first kappa shape index (κ1) is 80.0. The standard InChI is InChI=1S/C65H122N2O21/c1-4-6-8-10-12-14-15-16-17-18-19-20-21-22-23-24-25-26-27-28-29-31-32-34-36-38-47(72)46(67-52(75)39-37-35-33-30-13-11-9-7-5-2)44-83-62-57(79)56(78)59(51(43-70)85-62)86-63-58(80)61(55(77)50(42-69)84-63)88-65(64(81)82)40-48(73)53(66-45(3)71)60(87-65)54(76)49(74)41-68/h46-51,53-63,68-70,72-74,76-80H,4-44H2,1-3H3,(H,66,71)(H,67,75)(H,81,82). The van der Waals surface area contributed by atoms with E-state index in [0.29, 0.717) is 19.3 Å². The fourth-order valence-corrected chi connectivity index (χ4v) is 12.3. The van der Waals surface area contributed by atoms with Gasteiger partial charge in [-0.05, 0) is 12.8 Å². The fourth-order valence-electron chi connectivity index (χ4n) is 12.3. The van der Waals surface area contributed by atoms with Crippen molar-refractivity contribution in [1.82, 2.24) is 10.6 Å². The van der Waals surface area contributed by atoms with Gasteiger partial charge in [-0.1, -0.05) is 226 Å². The molecule has 0 aromatic carbocycles. The monoisotopic (exact) mass is 1270 g/mol. The van der Waals surface area contributed by atoms with Crippen molar-refractivity contribution < 1.29 is 104 Å². The highest BCUT2D eigenvalue weighted by Gasteiger charge is 2.60. The summed E-state index contributed by atoms with van der Waals surface area (Å²) in [5.74, 6) is -6.10. The number of unbranched alkanes of at least 4 members (excludes halogenated alkanes) is 32. The second-order valence-electron chi connectivity index (χ2n) is 25.4. The molecule has 3 heterocycles. The van der Waals surface area contributed by atoms with E-state index in [2.05, 4.69) is 24.5 Å². The number of aliphatic carboxylic acids is 1. The minimum atomic E-state index is -3.08. The van der Waals surface area contributed by atoms with Crippen LogP contribution in [0.3, 0.4) is 0 Å². The number of carbonyl (C=O) groups is 3. The first-order chi connectivity index (χ1) is 42.4. The topological polar surface area (TPSA) is 373 Å². The molecule has 14 N–H and O–H groups in total. The van der Waals surface area contributed by atoms with Crippen molar-refractivity contribution in [2.24, 2.45) is 0 Å². The molecule has 0 spiro atoms. The average Bonchev–Trinajstić information content (AvgIpc) is 1.47. The SMILES string of the molecule is CCCCCCCCCCCCCCCCCCCCCCCCCCCC(O)C(COC1OC(CO)C(OC2OC(CO)C(O)C(OC3(C(=O)O)CC(O)C(NC(C)=O)C(C(O)C(O)CO)O3)C2O)C(O)C1O)NC(=O)CCCCCCCCCCC. The van der Waals surface area contributed by atoms with Gasteiger partial charge in [0.25, 0.3) is 5.79 Å². The molecule has 0 aromatic rings. The van der Waals surface area contributed by atoms with Crippen LogP contribution in [0.5, 0.6) is 0 Å². The zero-order chi connectivity index (χ0) is 64.7. The zero-order valence-electron chi connectivity index (χ0n) is 53.8. The van der Waals surface area contributed by atoms with Crippen molar-refractivity contribution in [2.45, 2.75) is 368 Å². The summed E-state index contributed by atoms with van der Waals surface area (Å²) in [5.41, 5.74) is 0. The minimum Gasteiger partial charge on any atom is -0.477 e. The molecule has 518 valence electrons. The molecular weight excluding hydrogens is 1140 g/mol. The van der Waals surface area contributed by atoms with Gasteiger partial charge in [-0.3, -0.25) is 9.59 Å². The molecule has 3 fully saturated rings. The molecule has 0 aromatic heterocycles. The number of ether oxygens (including phenoxy) is 6. The third-order valence-corrected chi connectivity index (χ3v) is 17.8. The van der Waals surface area contributed by atoms with Gasteiger partial charge in [-0.2, -0.15) is 0 Å². The van der Waals surface area contributed by atoms with E-state index in [1.807, 2.05) is 0 Å². The largest absolute Gasteiger partial charge is 0.477 e. The van der Waals surface area contributed by atoms with Gasteiger partial charge in [0.05, 0.1) is 50.7 Å². The lowest BCUT2D eigenvalue weighted by Crippen LogP contribution is -2.70. The van der Waals surface area contributed by atoms with Crippen molar-refractivity contribution in [3.05, 3.63) is 0 Å². The van der Waals surface area contributed by atoms with Gasteiger partial charge in [-0.25, -0.2) is 4.79 Å². The lowest BCUT2D eigenvalue weighted by molar-refractivity contribution is -0.386. The molecular formula is C65H122N2O21. The Bertz CT molecular complexity index is 1790. The number of aliphatic hydroxyl groups is 11. The Kier molecular flexibility index (Phi) is 42.5. The van der Waals surface area contributed by atoms with Crippen LogP contribution < -0.4 is 10.6 Å². The van der Waals surface area contributed by atoms with Gasteiger partial charge >= 0.3 is 5.97 Å². The number of hydrogen-bond donors (Lipinski definition) is 14. The Morgan fingerprint density at radius 3 is 1.42 bits per heavy atom. The molecule has 3 aliphatic rings. The van der Waals surface area contributed by atoms with Gasteiger partial charge in [0.2, 0.25) is 11.8 Å². The first-order valence-electron chi connectivity index (χ1n) is 34.4. The van der Waals surface area contributed by atoms with Crippen molar-refractivity contribution in [2.75, 3.05) is 26.4 Å². The van der Waals surface area contributed by atoms with E-state index in [1.54, 1.807) is 0 Å². The molecule has 3 rings (SSSR count). The predicted molar refractivity (Wildman–Crippen MR) is 329 cm³/mol.